The van der Waals surface area contributed by atoms with Crippen molar-refractivity contribution >= 4 is 27.3 Å². The van der Waals surface area contributed by atoms with Crippen LogP contribution in [0.25, 0.3) is 0 Å². The Labute approximate surface area is 108 Å². The van der Waals surface area contributed by atoms with E-state index < -0.39 is 0 Å². The van der Waals surface area contributed by atoms with Gasteiger partial charge < -0.3 is 9.73 Å². The molecule has 1 N–H and O–H groups in total. The molecule has 1 atom stereocenters. The topological polar surface area (TPSA) is 25.2 Å². The van der Waals surface area contributed by atoms with Crippen molar-refractivity contribution in [2.75, 3.05) is 6.54 Å². The fourth-order valence-corrected chi connectivity index (χ4v) is 3.16. The molecule has 2 nitrogen and oxygen atoms in total. The monoisotopic (exact) mass is 299 g/mol. The van der Waals surface area contributed by atoms with Crippen LogP contribution in [0.2, 0.25) is 0 Å². The van der Waals surface area contributed by atoms with Gasteiger partial charge in [-0.3, -0.25) is 0 Å². The third-order valence-corrected chi connectivity index (χ3v) is 4.11. The third kappa shape index (κ3) is 2.97. The number of rotatable bonds is 5. The fourth-order valence-electron chi connectivity index (χ4n) is 1.67. The summed E-state index contributed by atoms with van der Waals surface area (Å²) in [4.78, 5) is 1.34. The van der Waals surface area contributed by atoms with Gasteiger partial charge in [0.15, 0.2) is 0 Å². The van der Waals surface area contributed by atoms with Crippen LogP contribution in [0, 0.1) is 0 Å². The molecule has 0 bridgehead atoms. The second kappa shape index (κ2) is 5.66. The van der Waals surface area contributed by atoms with Gasteiger partial charge in [0.2, 0.25) is 0 Å². The maximum absolute atomic E-state index is 5.39. The molecule has 2 aromatic rings. The Hall–Kier alpha value is -0.580. The summed E-state index contributed by atoms with van der Waals surface area (Å²) in [5.41, 5.74) is 0. The van der Waals surface area contributed by atoms with Gasteiger partial charge >= 0.3 is 0 Å². The average molecular weight is 300 g/mol. The van der Waals surface area contributed by atoms with Gasteiger partial charge in [0.05, 0.1) is 10.0 Å². The highest BCUT2D eigenvalue weighted by Gasteiger charge is 2.14. The minimum atomic E-state index is 0.340. The Bertz CT molecular complexity index is 424. The SMILES string of the molecule is CCNC(Cc1ccco1)c1ccc(Br)s1. The first-order chi connectivity index (χ1) is 7.79. The van der Waals surface area contributed by atoms with E-state index in [1.165, 1.54) is 8.66 Å². The summed E-state index contributed by atoms with van der Waals surface area (Å²) in [5.74, 6) is 1.02. The zero-order valence-electron chi connectivity index (χ0n) is 9.07. The lowest BCUT2D eigenvalue weighted by molar-refractivity contribution is 0.458. The van der Waals surface area contributed by atoms with E-state index >= 15 is 0 Å². The van der Waals surface area contributed by atoms with Gasteiger partial charge in [-0.05, 0) is 46.7 Å². The van der Waals surface area contributed by atoms with Crippen LogP contribution in [-0.4, -0.2) is 6.54 Å². The first kappa shape index (κ1) is 11.9. The van der Waals surface area contributed by atoms with E-state index in [9.17, 15) is 0 Å². The fraction of sp³-hybridized carbons (Fsp3) is 0.333. The molecule has 2 aromatic heterocycles. The second-order valence-electron chi connectivity index (χ2n) is 3.54. The van der Waals surface area contributed by atoms with Crippen molar-refractivity contribution < 1.29 is 4.42 Å². The minimum Gasteiger partial charge on any atom is -0.469 e. The van der Waals surface area contributed by atoms with E-state index in [-0.39, 0.29) is 0 Å². The number of nitrogens with one attached hydrogen (secondary N) is 1. The molecule has 86 valence electrons. The number of halogens is 1. The van der Waals surface area contributed by atoms with E-state index in [4.69, 9.17) is 4.42 Å². The molecule has 0 saturated carbocycles. The van der Waals surface area contributed by atoms with Crippen LogP contribution in [-0.2, 0) is 6.42 Å². The van der Waals surface area contributed by atoms with Crippen LogP contribution in [0.4, 0.5) is 0 Å². The van der Waals surface area contributed by atoms with Crippen LogP contribution in [0.1, 0.15) is 23.6 Å². The van der Waals surface area contributed by atoms with Crippen LogP contribution < -0.4 is 5.32 Å². The maximum Gasteiger partial charge on any atom is 0.105 e. The molecule has 0 aromatic carbocycles. The Morgan fingerprint density at radius 2 is 2.31 bits per heavy atom. The van der Waals surface area contributed by atoms with E-state index in [0.29, 0.717) is 6.04 Å². The summed E-state index contributed by atoms with van der Waals surface area (Å²) >= 11 is 5.27. The molecule has 0 aliphatic heterocycles. The standard InChI is InChI=1S/C12H14BrNOS/c1-2-14-10(8-9-4-3-7-15-9)11-5-6-12(13)16-11/h3-7,10,14H,2,8H2,1H3. The minimum absolute atomic E-state index is 0.340. The van der Waals surface area contributed by atoms with Crippen LogP contribution in [0.5, 0.6) is 0 Å². The zero-order chi connectivity index (χ0) is 11.4. The smallest absolute Gasteiger partial charge is 0.105 e. The predicted molar refractivity (Wildman–Crippen MR) is 70.8 cm³/mol. The van der Waals surface area contributed by atoms with Crippen molar-refractivity contribution in [2.45, 2.75) is 19.4 Å². The quantitative estimate of drug-likeness (QED) is 0.903. The third-order valence-electron chi connectivity index (χ3n) is 2.37. The van der Waals surface area contributed by atoms with Gasteiger partial charge in [0.1, 0.15) is 5.76 Å². The van der Waals surface area contributed by atoms with Crippen LogP contribution in [0.15, 0.2) is 38.7 Å². The van der Waals surface area contributed by atoms with Crippen molar-refractivity contribution in [3.8, 4) is 0 Å². The number of likely N-dealkylation sites (N-methyl/N-ethyl adjacent to an activating group) is 1. The molecule has 0 radical (unpaired) electrons. The lowest BCUT2D eigenvalue weighted by Crippen LogP contribution is -2.21. The average Bonchev–Trinajstić information content (AvgIpc) is 2.88. The molecule has 0 saturated heterocycles. The first-order valence-corrected chi connectivity index (χ1v) is 6.91. The summed E-state index contributed by atoms with van der Waals surface area (Å²) in [6, 6.07) is 8.54. The molecule has 4 heteroatoms. The Morgan fingerprint density at radius 1 is 1.44 bits per heavy atom. The summed E-state index contributed by atoms with van der Waals surface area (Å²) in [7, 11) is 0. The van der Waals surface area contributed by atoms with E-state index in [1.54, 1.807) is 17.6 Å². The Kier molecular flexibility index (Phi) is 4.21. The van der Waals surface area contributed by atoms with Gasteiger partial charge in [0, 0.05) is 17.3 Å². The molecule has 2 rings (SSSR count). The number of thiophene rings is 1. The van der Waals surface area contributed by atoms with Crippen molar-refractivity contribution in [3.05, 3.63) is 45.0 Å². The Morgan fingerprint density at radius 3 is 2.88 bits per heavy atom. The molecular formula is C12H14BrNOS. The lowest BCUT2D eigenvalue weighted by atomic mass is 10.1. The zero-order valence-corrected chi connectivity index (χ0v) is 11.5. The first-order valence-electron chi connectivity index (χ1n) is 5.30. The maximum atomic E-state index is 5.39. The normalized spacial score (nSPS) is 12.9. The van der Waals surface area contributed by atoms with Crippen molar-refractivity contribution in [3.63, 3.8) is 0 Å². The van der Waals surface area contributed by atoms with Gasteiger partial charge in [-0.2, -0.15) is 0 Å². The lowest BCUT2D eigenvalue weighted by Gasteiger charge is -2.14. The molecule has 1 unspecified atom stereocenters. The molecule has 0 amide bonds. The molecule has 0 aliphatic rings. The van der Waals surface area contributed by atoms with Gasteiger partial charge in [0.25, 0.3) is 0 Å². The van der Waals surface area contributed by atoms with Crippen molar-refractivity contribution in [2.24, 2.45) is 0 Å². The van der Waals surface area contributed by atoms with E-state index in [2.05, 4.69) is 40.3 Å². The molecule has 2 heterocycles. The van der Waals surface area contributed by atoms with E-state index in [0.717, 1.165) is 18.7 Å². The predicted octanol–water partition coefficient (Wildman–Crippen LogP) is 4.00. The van der Waals surface area contributed by atoms with Crippen LogP contribution >= 0.6 is 27.3 Å². The number of hydrogen-bond donors (Lipinski definition) is 1. The van der Waals surface area contributed by atoms with Crippen molar-refractivity contribution in [1.29, 1.82) is 0 Å². The molecule has 0 aliphatic carbocycles. The highest BCUT2D eigenvalue weighted by molar-refractivity contribution is 9.11. The second-order valence-corrected chi connectivity index (χ2v) is 6.03. The molecule has 0 spiro atoms. The van der Waals surface area contributed by atoms with Gasteiger partial charge in [-0.15, -0.1) is 11.3 Å². The Balaban J connectivity index is 2.11. The number of hydrogen-bond acceptors (Lipinski definition) is 3. The van der Waals surface area contributed by atoms with E-state index in [1.807, 2.05) is 12.1 Å². The summed E-state index contributed by atoms with van der Waals surface area (Å²) in [6.45, 7) is 3.08. The summed E-state index contributed by atoms with van der Waals surface area (Å²) in [6.07, 6.45) is 2.62. The summed E-state index contributed by atoms with van der Waals surface area (Å²) in [5, 5.41) is 3.48. The van der Waals surface area contributed by atoms with Gasteiger partial charge in [-0.1, -0.05) is 6.92 Å². The largest absolute Gasteiger partial charge is 0.469 e. The molecular weight excluding hydrogens is 286 g/mol. The highest BCUT2D eigenvalue weighted by Crippen LogP contribution is 2.29. The number of furan rings is 1. The highest BCUT2D eigenvalue weighted by atomic mass is 79.9. The van der Waals surface area contributed by atoms with Crippen molar-refractivity contribution in [1.82, 2.24) is 5.32 Å². The van der Waals surface area contributed by atoms with Crippen LogP contribution in [0.3, 0.4) is 0 Å². The summed E-state index contributed by atoms with van der Waals surface area (Å²) < 4.78 is 6.56. The van der Waals surface area contributed by atoms with Gasteiger partial charge in [-0.25, -0.2) is 0 Å². The molecule has 16 heavy (non-hydrogen) atoms. The molecule has 0 fully saturated rings.